The van der Waals surface area contributed by atoms with Crippen molar-refractivity contribution in [3.63, 3.8) is 0 Å². The van der Waals surface area contributed by atoms with Crippen LogP contribution in [0, 0.1) is 0 Å². The number of benzene rings is 2. The zero-order chi connectivity index (χ0) is 26.0. The summed E-state index contributed by atoms with van der Waals surface area (Å²) in [5, 5.41) is 1.22. The van der Waals surface area contributed by atoms with Crippen molar-refractivity contribution < 1.29 is 14.3 Å². The van der Waals surface area contributed by atoms with Crippen molar-refractivity contribution in [1.29, 1.82) is 0 Å². The van der Waals surface area contributed by atoms with E-state index in [1.807, 2.05) is 36.4 Å². The molecule has 0 N–H and O–H groups in total. The molecule has 2 aromatic rings. The maximum Gasteiger partial charge on any atom is 0.266 e. The summed E-state index contributed by atoms with van der Waals surface area (Å²) >= 11 is 8.12. The van der Waals surface area contributed by atoms with Crippen molar-refractivity contribution in [3.8, 4) is 5.75 Å². The first-order valence-electron chi connectivity index (χ1n) is 11.9. The summed E-state index contributed by atoms with van der Waals surface area (Å²) in [6.07, 6.45) is 4.15. The van der Waals surface area contributed by atoms with Gasteiger partial charge >= 0.3 is 0 Å². The molecule has 0 atom stereocenters. The van der Waals surface area contributed by atoms with Gasteiger partial charge < -0.3 is 14.4 Å². The average molecular weight is 526 g/mol. The Morgan fingerprint density at radius 1 is 1.17 bits per heavy atom. The van der Waals surface area contributed by atoms with Gasteiger partial charge in [-0.25, -0.2) is 4.99 Å². The quantitative estimate of drug-likeness (QED) is 0.380. The van der Waals surface area contributed by atoms with E-state index < -0.39 is 0 Å². The third-order valence-corrected chi connectivity index (χ3v) is 7.74. The second-order valence-electron chi connectivity index (χ2n) is 9.27. The fraction of sp³-hybridized carbons (Fsp3) is 0.357. The molecule has 1 amide bonds. The fourth-order valence-electron chi connectivity index (χ4n) is 4.68. The third kappa shape index (κ3) is 5.19. The van der Waals surface area contributed by atoms with Gasteiger partial charge in [0.25, 0.3) is 5.91 Å². The van der Waals surface area contributed by atoms with Crippen LogP contribution in [-0.4, -0.2) is 55.4 Å². The van der Waals surface area contributed by atoms with Crippen LogP contribution in [0.1, 0.15) is 38.8 Å². The standard InChI is InChI=1S/C28H32ClN3O3S/c1-7-32-24-16-23(29)19(14-22(24)18(2)17-28(32,3)4)15-25-26(33)31(12-13-34-5)27(36-25)30-20-8-10-21(35-6)11-9-20/h8-11,14-17H,7,12-13H2,1-6H3/b25-15+,30-27?. The van der Waals surface area contributed by atoms with Gasteiger partial charge in [0.05, 0.1) is 36.4 Å². The van der Waals surface area contributed by atoms with Crippen molar-refractivity contribution in [1.82, 2.24) is 4.90 Å². The maximum atomic E-state index is 13.4. The molecule has 1 fully saturated rings. The first-order valence-corrected chi connectivity index (χ1v) is 13.1. The molecule has 0 radical (unpaired) electrons. The van der Waals surface area contributed by atoms with E-state index in [9.17, 15) is 4.79 Å². The van der Waals surface area contributed by atoms with Crippen LogP contribution < -0.4 is 9.64 Å². The summed E-state index contributed by atoms with van der Waals surface area (Å²) in [4.78, 5) is 22.7. The van der Waals surface area contributed by atoms with E-state index in [0.29, 0.717) is 28.2 Å². The number of hydrogen-bond acceptors (Lipinski definition) is 6. The fourth-order valence-corrected chi connectivity index (χ4v) is 5.91. The zero-order valence-corrected chi connectivity index (χ0v) is 23.2. The number of nitrogens with zero attached hydrogens (tertiary/aromatic N) is 3. The monoisotopic (exact) mass is 525 g/mol. The molecule has 0 bridgehead atoms. The molecule has 2 heterocycles. The van der Waals surface area contributed by atoms with Crippen LogP contribution >= 0.6 is 23.4 Å². The Labute approximate surface area is 222 Å². The second-order valence-corrected chi connectivity index (χ2v) is 10.7. The number of anilines is 1. The number of rotatable bonds is 7. The molecule has 190 valence electrons. The van der Waals surface area contributed by atoms with E-state index in [2.05, 4.69) is 44.7 Å². The van der Waals surface area contributed by atoms with Gasteiger partial charge in [-0.05, 0) is 93.1 Å². The Morgan fingerprint density at radius 2 is 1.89 bits per heavy atom. The van der Waals surface area contributed by atoms with Gasteiger partial charge in [-0.2, -0.15) is 0 Å². The lowest BCUT2D eigenvalue weighted by Gasteiger charge is -2.43. The molecular formula is C28H32ClN3O3S. The number of ether oxygens (including phenoxy) is 2. The van der Waals surface area contributed by atoms with Gasteiger partial charge in [-0.1, -0.05) is 17.7 Å². The first kappa shape index (κ1) is 26.3. The Balaban J connectivity index is 1.72. The lowest BCUT2D eigenvalue weighted by Crippen LogP contribution is -2.44. The third-order valence-electron chi connectivity index (χ3n) is 6.40. The van der Waals surface area contributed by atoms with E-state index in [-0.39, 0.29) is 11.4 Å². The molecule has 2 aliphatic heterocycles. The van der Waals surface area contributed by atoms with Crippen molar-refractivity contribution in [2.75, 3.05) is 38.8 Å². The Hall–Kier alpha value is -2.74. The lowest BCUT2D eigenvalue weighted by molar-refractivity contribution is -0.122. The van der Waals surface area contributed by atoms with Gasteiger partial charge in [-0.15, -0.1) is 0 Å². The zero-order valence-electron chi connectivity index (χ0n) is 21.6. The Morgan fingerprint density at radius 3 is 2.53 bits per heavy atom. The number of hydrogen-bond donors (Lipinski definition) is 0. The number of amidine groups is 1. The summed E-state index contributed by atoms with van der Waals surface area (Å²) < 4.78 is 10.5. The number of carbonyl (C=O) groups excluding carboxylic acids is 1. The molecule has 2 aromatic carbocycles. The molecule has 36 heavy (non-hydrogen) atoms. The smallest absolute Gasteiger partial charge is 0.266 e. The van der Waals surface area contributed by atoms with Crippen LogP contribution in [0.3, 0.4) is 0 Å². The number of allylic oxidation sites excluding steroid dienone is 1. The normalized spacial score (nSPS) is 19.2. The summed E-state index contributed by atoms with van der Waals surface area (Å²) in [5.41, 5.74) is 4.90. The highest BCUT2D eigenvalue weighted by atomic mass is 35.5. The van der Waals surface area contributed by atoms with E-state index in [0.717, 1.165) is 34.8 Å². The highest BCUT2D eigenvalue weighted by molar-refractivity contribution is 8.18. The summed E-state index contributed by atoms with van der Waals surface area (Å²) in [7, 11) is 3.24. The molecule has 0 unspecified atom stereocenters. The maximum absolute atomic E-state index is 13.4. The van der Waals surface area contributed by atoms with Crippen LogP contribution in [0.2, 0.25) is 5.02 Å². The molecule has 0 aliphatic carbocycles. The van der Waals surface area contributed by atoms with Crippen molar-refractivity contribution >= 4 is 57.5 Å². The van der Waals surface area contributed by atoms with E-state index in [1.165, 1.54) is 17.3 Å². The molecule has 1 saturated heterocycles. The van der Waals surface area contributed by atoms with Crippen LogP contribution in [-0.2, 0) is 9.53 Å². The predicted molar refractivity (Wildman–Crippen MR) is 151 cm³/mol. The van der Waals surface area contributed by atoms with Crippen LogP contribution in [0.4, 0.5) is 11.4 Å². The minimum Gasteiger partial charge on any atom is -0.497 e. The van der Waals surface area contributed by atoms with Crippen LogP contribution in [0.25, 0.3) is 11.6 Å². The molecule has 2 aliphatic rings. The second kappa shape index (κ2) is 10.7. The molecular weight excluding hydrogens is 494 g/mol. The topological polar surface area (TPSA) is 54.4 Å². The molecule has 0 saturated carbocycles. The minimum absolute atomic E-state index is 0.0961. The van der Waals surface area contributed by atoms with Crippen molar-refractivity contribution in [2.45, 2.75) is 33.2 Å². The number of fused-ring (bicyclic) bond motifs is 1. The van der Waals surface area contributed by atoms with Gasteiger partial charge in [0.2, 0.25) is 0 Å². The SMILES string of the molecule is CCN1c2cc(Cl)c(/C=C3/SC(=Nc4ccc(OC)cc4)N(CCOC)C3=O)cc2C(C)=CC1(C)C. The van der Waals surface area contributed by atoms with Crippen molar-refractivity contribution in [3.05, 3.63) is 63.5 Å². The first-order chi connectivity index (χ1) is 17.2. The highest BCUT2D eigenvalue weighted by Gasteiger charge is 2.34. The molecule has 0 aromatic heterocycles. The number of likely N-dealkylation sites (N-methyl/N-ethyl adjacent to an activating group) is 1. The van der Waals surface area contributed by atoms with Gasteiger partial charge in [0, 0.05) is 29.9 Å². The van der Waals surface area contributed by atoms with Crippen LogP contribution in [0.5, 0.6) is 5.75 Å². The largest absolute Gasteiger partial charge is 0.497 e. The number of aliphatic imine (C=N–C) groups is 1. The molecule has 6 nitrogen and oxygen atoms in total. The lowest BCUT2D eigenvalue weighted by atomic mass is 9.88. The van der Waals surface area contributed by atoms with Crippen molar-refractivity contribution in [2.24, 2.45) is 4.99 Å². The summed E-state index contributed by atoms with van der Waals surface area (Å²) in [5.74, 6) is 0.643. The number of halogens is 1. The predicted octanol–water partition coefficient (Wildman–Crippen LogP) is 6.62. The van der Waals surface area contributed by atoms with E-state index in [4.69, 9.17) is 26.1 Å². The number of amides is 1. The average Bonchev–Trinajstić information content (AvgIpc) is 3.12. The Kier molecular flexibility index (Phi) is 7.83. The molecule has 4 rings (SSSR count). The molecule has 8 heteroatoms. The highest BCUT2D eigenvalue weighted by Crippen LogP contribution is 2.43. The van der Waals surface area contributed by atoms with Gasteiger partial charge in [0.1, 0.15) is 5.75 Å². The van der Waals surface area contributed by atoms with Gasteiger partial charge in [-0.3, -0.25) is 9.69 Å². The van der Waals surface area contributed by atoms with Gasteiger partial charge in [0.15, 0.2) is 5.17 Å². The molecule has 0 spiro atoms. The summed E-state index contributed by atoms with van der Waals surface area (Å²) in [6.45, 7) is 10.4. The number of thioether (sulfide) groups is 1. The van der Waals surface area contributed by atoms with Crippen LogP contribution in [0.15, 0.2) is 52.4 Å². The van der Waals surface area contributed by atoms with E-state index >= 15 is 0 Å². The minimum atomic E-state index is -0.110. The Bertz CT molecular complexity index is 1250. The number of methoxy groups -OCH3 is 2. The number of carbonyl (C=O) groups is 1. The summed E-state index contributed by atoms with van der Waals surface area (Å²) in [6, 6.07) is 11.5. The van der Waals surface area contributed by atoms with E-state index in [1.54, 1.807) is 19.1 Å².